The number of esters is 2. The summed E-state index contributed by atoms with van der Waals surface area (Å²) in [6.45, 7) is 4.05. The van der Waals surface area contributed by atoms with E-state index < -0.39 is 10.8 Å². The third-order valence-electron chi connectivity index (χ3n) is 7.34. The molecule has 2 aliphatic carbocycles. The molecule has 2 atom stereocenters. The highest BCUT2D eigenvalue weighted by Gasteiger charge is 2.48. The van der Waals surface area contributed by atoms with Crippen LogP contribution >= 0.6 is 0 Å². The van der Waals surface area contributed by atoms with Crippen molar-refractivity contribution in [1.29, 1.82) is 0 Å². The summed E-state index contributed by atoms with van der Waals surface area (Å²) in [5.41, 5.74) is 3.07. The van der Waals surface area contributed by atoms with Crippen molar-refractivity contribution in [2.24, 2.45) is 0 Å². The van der Waals surface area contributed by atoms with Gasteiger partial charge in [-0.3, -0.25) is 9.59 Å². The molecule has 2 aliphatic rings. The molecule has 0 spiro atoms. The fourth-order valence-corrected chi connectivity index (χ4v) is 5.57. The summed E-state index contributed by atoms with van der Waals surface area (Å²) in [6.07, 6.45) is 6.60. The minimum Gasteiger partial charge on any atom is -0.392 e. The van der Waals surface area contributed by atoms with Gasteiger partial charge in [-0.2, -0.15) is 0 Å². The van der Waals surface area contributed by atoms with Crippen molar-refractivity contribution in [2.45, 2.75) is 76.0 Å². The Morgan fingerprint density at radius 3 is 1.59 bits per heavy atom. The number of fused-ring (bicyclic) bond motifs is 2. The zero-order valence-electron chi connectivity index (χ0n) is 17.5. The third-order valence-corrected chi connectivity index (χ3v) is 7.34. The number of aryl methyl sites for hydroxylation is 2. The first kappa shape index (κ1) is 19.9. The highest BCUT2D eigenvalue weighted by atomic mass is 16.6. The molecule has 0 N–H and O–H groups in total. The Labute approximate surface area is 173 Å². The molecule has 2 aromatic rings. The van der Waals surface area contributed by atoms with Crippen molar-refractivity contribution in [3.8, 4) is 0 Å². The summed E-state index contributed by atoms with van der Waals surface area (Å²) in [5.74, 6) is -0.735. The summed E-state index contributed by atoms with van der Waals surface area (Å²) in [7, 11) is 0. The average Bonchev–Trinajstić information content (AvgIpc) is 2.78. The first-order valence-corrected chi connectivity index (χ1v) is 11.0. The number of hydrogen-bond acceptors (Lipinski definition) is 3. The van der Waals surface area contributed by atoms with Gasteiger partial charge in [0.25, 0.3) is 0 Å². The quantitative estimate of drug-likeness (QED) is 0.517. The molecule has 0 fully saturated rings. The molecule has 0 saturated heterocycles. The van der Waals surface area contributed by atoms with Crippen LogP contribution in [0.1, 0.15) is 74.6 Å². The summed E-state index contributed by atoms with van der Waals surface area (Å²) in [4.78, 5) is 27.0. The molecule has 3 heteroatoms. The fourth-order valence-electron chi connectivity index (χ4n) is 5.57. The maximum atomic E-state index is 13.5. The third kappa shape index (κ3) is 3.11. The lowest BCUT2D eigenvalue weighted by Crippen LogP contribution is -2.46. The standard InChI is InChI=1S/C26H30O3/c1-3-25(17-9-13-19-11-5-7-15-21(19)25)23(27)29-24(28)26(4-2)18-10-14-20-12-6-8-16-22(20)26/h5-8,11-12,15-16H,3-4,9-10,13-14,17-18H2,1-2H3. The van der Waals surface area contributed by atoms with E-state index in [4.69, 9.17) is 4.74 Å². The highest BCUT2D eigenvalue weighted by molar-refractivity contribution is 5.97. The SMILES string of the molecule is CCC1(C(=O)OC(=O)C2(CC)CCCc3ccccc32)CCCc2ccccc21. The molecular formula is C26H30O3. The highest BCUT2D eigenvalue weighted by Crippen LogP contribution is 2.44. The van der Waals surface area contributed by atoms with Crippen LogP contribution in [0.2, 0.25) is 0 Å². The Morgan fingerprint density at radius 1 is 0.759 bits per heavy atom. The smallest absolute Gasteiger partial charge is 0.324 e. The van der Waals surface area contributed by atoms with Gasteiger partial charge in [0, 0.05) is 0 Å². The first-order chi connectivity index (χ1) is 14.1. The molecule has 152 valence electrons. The van der Waals surface area contributed by atoms with Gasteiger partial charge in [-0.1, -0.05) is 62.4 Å². The number of hydrogen-bond donors (Lipinski definition) is 0. The molecule has 4 rings (SSSR count). The zero-order chi connectivity index (χ0) is 20.5. The van der Waals surface area contributed by atoms with Crippen LogP contribution in [-0.2, 0) is 38.0 Å². The lowest BCUT2D eigenvalue weighted by Gasteiger charge is -2.39. The fraction of sp³-hybridized carbons (Fsp3) is 0.462. The van der Waals surface area contributed by atoms with Gasteiger partial charge >= 0.3 is 11.9 Å². The van der Waals surface area contributed by atoms with E-state index in [9.17, 15) is 9.59 Å². The van der Waals surface area contributed by atoms with Crippen LogP contribution in [0.4, 0.5) is 0 Å². The van der Waals surface area contributed by atoms with Gasteiger partial charge in [0.05, 0.1) is 10.8 Å². The van der Waals surface area contributed by atoms with Crippen molar-refractivity contribution < 1.29 is 14.3 Å². The molecule has 2 aromatic carbocycles. The maximum Gasteiger partial charge on any atom is 0.324 e. The van der Waals surface area contributed by atoms with Crippen molar-refractivity contribution in [3.63, 3.8) is 0 Å². The van der Waals surface area contributed by atoms with Gasteiger partial charge in [0.1, 0.15) is 0 Å². The van der Waals surface area contributed by atoms with Gasteiger partial charge in [-0.25, -0.2) is 0 Å². The number of carbonyl (C=O) groups excluding carboxylic acids is 2. The predicted octanol–water partition coefficient (Wildman–Crippen LogP) is 5.42. The van der Waals surface area contributed by atoms with Crippen molar-refractivity contribution in [3.05, 3.63) is 70.8 Å². The number of carbonyl (C=O) groups is 2. The van der Waals surface area contributed by atoms with Crippen molar-refractivity contribution in [2.75, 3.05) is 0 Å². The van der Waals surface area contributed by atoms with E-state index in [1.807, 2.05) is 50.2 Å². The molecule has 0 radical (unpaired) electrons. The van der Waals surface area contributed by atoms with E-state index in [1.165, 1.54) is 11.1 Å². The van der Waals surface area contributed by atoms with E-state index in [0.717, 1.165) is 49.7 Å². The zero-order valence-corrected chi connectivity index (χ0v) is 17.5. The first-order valence-electron chi connectivity index (χ1n) is 11.0. The summed E-state index contributed by atoms with van der Waals surface area (Å²) in [5, 5.41) is 0. The van der Waals surface area contributed by atoms with Gasteiger partial charge in [0.15, 0.2) is 0 Å². The number of benzene rings is 2. The molecule has 0 amide bonds. The number of rotatable bonds is 4. The second kappa shape index (κ2) is 7.78. The molecule has 0 heterocycles. The van der Waals surface area contributed by atoms with E-state index in [0.29, 0.717) is 12.8 Å². The van der Waals surface area contributed by atoms with Gasteiger partial charge in [-0.05, 0) is 73.6 Å². The van der Waals surface area contributed by atoms with Crippen molar-refractivity contribution in [1.82, 2.24) is 0 Å². The Balaban J connectivity index is 1.68. The van der Waals surface area contributed by atoms with Crippen LogP contribution in [0.3, 0.4) is 0 Å². The van der Waals surface area contributed by atoms with Crippen LogP contribution in [-0.4, -0.2) is 11.9 Å². The Morgan fingerprint density at radius 2 is 1.17 bits per heavy atom. The second-order valence-electron chi connectivity index (χ2n) is 8.57. The van der Waals surface area contributed by atoms with E-state index in [-0.39, 0.29) is 11.9 Å². The normalized spacial score (nSPS) is 25.6. The van der Waals surface area contributed by atoms with E-state index >= 15 is 0 Å². The molecule has 29 heavy (non-hydrogen) atoms. The van der Waals surface area contributed by atoms with Crippen molar-refractivity contribution >= 4 is 11.9 Å². The summed E-state index contributed by atoms with van der Waals surface area (Å²) in [6, 6.07) is 16.3. The molecule has 0 aromatic heterocycles. The minimum atomic E-state index is -0.715. The molecule has 2 unspecified atom stereocenters. The van der Waals surface area contributed by atoms with Crippen LogP contribution in [0, 0.1) is 0 Å². The second-order valence-corrected chi connectivity index (χ2v) is 8.57. The van der Waals surface area contributed by atoms with Crippen LogP contribution in [0.25, 0.3) is 0 Å². The lowest BCUT2D eigenvalue weighted by atomic mass is 9.67. The predicted molar refractivity (Wildman–Crippen MR) is 114 cm³/mol. The topological polar surface area (TPSA) is 43.4 Å². The molecule has 0 aliphatic heterocycles. The Bertz CT molecular complexity index is 856. The maximum absolute atomic E-state index is 13.5. The lowest BCUT2D eigenvalue weighted by molar-refractivity contribution is -0.169. The summed E-state index contributed by atoms with van der Waals surface area (Å²) >= 11 is 0. The molecule has 0 saturated carbocycles. The summed E-state index contributed by atoms with van der Waals surface area (Å²) < 4.78 is 5.75. The van der Waals surface area contributed by atoms with Gasteiger partial charge in [-0.15, -0.1) is 0 Å². The average molecular weight is 391 g/mol. The monoisotopic (exact) mass is 390 g/mol. The van der Waals surface area contributed by atoms with Crippen LogP contribution in [0.5, 0.6) is 0 Å². The van der Waals surface area contributed by atoms with E-state index in [2.05, 4.69) is 12.1 Å². The van der Waals surface area contributed by atoms with Crippen LogP contribution in [0.15, 0.2) is 48.5 Å². The molecule has 0 bridgehead atoms. The van der Waals surface area contributed by atoms with Crippen LogP contribution < -0.4 is 0 Å². The van der Waals surface area contributed by atoms with E-state index in [1.54, 1.807) is 0 Å². The molecule has 3 nitrogen and oxygen atoms in total. The Hall–Kier alpha value is -2.42. The van der Waals surface area contributed by atoms with Gasteiger partial charge < -0.3 is 4.74 Å². The van der Waals surface area contributed by atoms with Gasteiger partial charge in [0.2, 0.25) is 0 Å². The largest absolute Gasteiger partial charge is 0.392 e. The Kier molecular flexibility index (Phi) is 5.33. The minimum absolute atomic E-state index is 0.368. The molecular weight excluding hydrogens is 360 g/mol. The number of ether oxygens (including phenoxy) is 1.